The van der Waals surface area contributed by atoms with Crippen molar-refractivity contribution >= 4 is 0 Å². The Morgan fingerprint density at radius 2 is 2.00 bits per heavy atom. The fourth-order valence-electron chi connectivity index (χ4n) is 1.27. The Morgan fingerprint density at radius 1 is 1.41 bits per heavy atom. The number of likely N-dealkylation sites (N-methyl/N-ethyl adjacent to an activating group) is 1. The molecule has 0 aromatic rings. The highest BCUT2D eigenvalue weighted by Crippen LogP contribution is 2.24. The van der Waals surface area contributed by atoms with E-state index in [1.807, 2.05) is 7.05 Å². The summed E-state index contributed by atoms with van der Waals surface area (Å²) >= 11 is 0. The van der Waals surface area contributed by atoms with Gasteiger partial charge in [-0.05, 0) is 20.4 Å². The van der Waals surface area contributed by atoms with E-state index in [2.05, 4.69) is 24.1 Å². The number of nitriles is 1. The van der Waals surface area contributed by atoms with Crippen molar-refractivity contribution in [1.29, 1.82) is 5.26 Å². The van der Waals surface area contributed by atoms with Crippen LogP contribution in [0.4, 0.5) is 13.2 Å². The maximum atomic E-state index is 12.2. The van der Waals surface area contributed by atoms with Gasteiger partial charge >= 0.3 is 6.18 Å². The Hall–Kier alpha value is -0.800. The third-order valence-electron chi connectivity index (χ3n) is 2.88. The molecule has 3 nitrogen and oxygen atoms in total. The van der Waals surface area contributed by atoms with Crippen molar-refractivity contribution in [3.63, 3.8) is 0 Å². The van der Waals surface area contributed by atoms with E-state index < -0.39 is 12.1 Å². The second-order valence-corrected chi connectivity index (χ2v) is 4.17. The first-order valence-corrected chi connectivity index (χ1v) is 5.70. The molecular weight excluding hydrogens is 231 g/mol. The van der Waals surface area contributed by atoms with Gasteiger partial charge in [0.15, 0.2) is 5.92 Å². The van der Waals surface area contributed by atoms with Crippen LogP contribution in [0.3, 0.4) is 0 Å². The van der Waals surface area contributed by atoms with Crippen LogP contribution in [0.15, 0.2) is 0 Å². The number of halogens is 3. The SMILES string of the molecule is CCC(C)N(C)CCNCC(C#N)C(F)(F)F. The predicted molar refractivity (Wildman–Crippen MR) is 60.4 cm³/mol. The van der Waals surface area contributed by atoms with E-state index in [1.54, 1.807) is 0 Å². The van der Waals surface area contributed by atoms with Gasteiger partial charge in [0.2, 0.25) is 0 Å². The van der Waals surface area contributed by atoms with Gasteiger partial charge in [0.1, 0.15) is 0 Å². The average molecular weight is 251 g/mol. The predicted octanol–water partition coefficient (Wildman–Crippen LogP) is 2.01. The molecule has 0 aromatic heterocycles. The molecule has 1 N–H and O–H groups in total. The lowest BCUT2D eigenvalue weighted by molar-refractivity contribution is -0.157. The van der Waals surface area contributed by atoms with Crippen LogP contribution >= 0.6 is 0 Å². The summed E-state index contributed by atoms with van der Waals surface area (Å²) in [5.74, 6) is -1.92. The van der Waals surface area contributed by atoms with Crippen LogP contribution in [-0.4, -0.2) is 43.8 Å². The van der Waals surface area contributed by atoms with E-state index in [0.29, 0.717) is 19.1 Å². The molecule has 0 aliphatic carbocycles. The maximum absolute atomic E-state index is 12.2. The normalized spacial score (nSPS) is 15.6. The lowest BCUT2D eigenvalue weighted by Gasteiger charge is -2.23. The van der Waals surface area contributed by atoms with Crippen molar-refractivity contribution in [2.75, 3.05) is 26.7 Å². The van der Waals surface area contributed by atoms with Crippen molar-refractivity contribution in [2.24, 2.45) is 5.92 Å². The van der Waals surface area contributed by atoms with E-state index in [4.69, 9.17) is 5.26 Å². The number of alkyl halides is 3. The third kappa shape index (κ3) is 6.49. The Bertz CT molecular complexity index is 247. The Morgan fingerprint density at radius 3 is 2.41 bits per heavy atom. The van der Waals surface area contributed by atoms with Crippen LogP contribution in [0.25, 0.3) is 0 Å². The van der Waals surface area contributed by atoms with Crippen LogP contribution in [0.2, 0.25) is 0 Å². The van der Waals surface area contributed by atoms with E-state index in [-0.39, 0.29) is 6.54 Å². The van der Waals surface area contributed by atoms with Crippen molar-refractivity contribution in [3.8, 4) is 6.07 Å². The molecule has 2 atom stereocenters. The molecule has 100 valence electrons. The molecule has 0 aliphatic heterocycles. The molecule has 17 heavy (non-hydrogen) atoms. The number of nitrogens with one attached hydrogen (secondary N) is 1. The van der Waals surface area contributed by atoms with E-state index in [1.165, 1.54) is 6.07 Å². The smallest absolute Gasteiger partial charge is 0.314 e. The summed E-state index contributed by atoms with van der Waals surface area (Å²) in [5, 5.41) is 11.0. The zero-order valence-corrected chi connectivity index (χ0v) is 10.5. The van der Waals surface area contributed by atoms with E-state index in [9.17, 15) is 13.2 Å². The lowest BCUT2D eigenvalue weighted by Crippen LogP contribution is -2.38. The molecule has 0 heterocycles. The molecule has 0 amide bonds. The highest BCUT2D eigenvalue weighted by molar-refractivity contribution is 4.89. The quantitative estimate of drug-likeness (QED) is 0.703. The largest absolute Gasteiger partial charge is 0.405 e. The second-order valence-electron chi connectivity index (χ2n) is 4.17. The van der Waals surface area contributed by atoms with E-state index in [0.717, 1.165) is 6.42 Å². The van der Waals surface area contributed by atoms with Crippen LogP contribution < -0.4 is 5.32 Å². The highest BCUT2D eigenvalue weighted by Gasteiger charge is 2.39. The summed E-state index contributed by atoms with van der Waals surface area (Å²) in [5.41, 5.74) is 0. The van der Waals surface area contributed by atoms with Crippen LogP contribution in [-0.2, 0) is 0 Å². The van der Waals surface area contributed by atoms with Crippen LogP contribution in [0, 0.1) is 17.2 Å². The van der Waals surface area contributed by atoms with Crippen molar-refractivity contribution < 1.29 is 13.2 Å². The van der Waals surface area contributed by atoms with Crippen molar-refractivity contribution in [3.05, 3.63) is 0 Å². The van der Waals surface area contributed by atoms with Gasteiger partial charge in [0.25, 0.3) is 0 Å². The Labute approximate surface area is 101 Å². The molecule has 0 rings (SSSR count). The summed E-state index contributed by atoms with van der Waals surface area (Å²) in [6.07, 6.45) is -3.44. The zero-order chi connectivity index (χ0) is 13.5. The summed E-state index contributed by atoms with van der Waals surface area (Å²) in [6, 6.07) is 1.67. The van der Waals surface area contributed by atoms with Crippen LogP contribution in [0.1, 0.15) is 20.3 Å². The fourth-order valence-corrected chi connectivity index (χ4v) is 1.27. The summed E-state index contributed by atoms with van der Waals surface area (Å²) in [7, 11) is 1.93. The fraction of sp³-hybridized carbons (Fsp3) is 0.909. The molecule has 0 aromatic carbocycles. The molecule has 6 heteroatoms. The highest BCUT2D eigenvalue weighted by atomic mass is 19.4. The first kappa shape index (κ1) is 16.2. The number of hydrogen-bond acceptors (Lipinski definition) is 3. The minimum absolute atomic E-state index is 0.339. The monoisotopic (exact) mass is 251 g/mol. The van der Waals surface area contributed by atoms with Gasteiger partial charge in [0.05, 0.1) is 6.07 Å². The molecule has 0 saturated carbocycles. The molecule has 0 bridgehead atoms. The molecule has 0 radical (unpaired) electrons. The van der Waals surface area contributed by atoms with Gasteiger partial charge in [-0.1, -0.05) is 6.92 Å². The third-order valence-corrected chi connectivity index (χ3v) is 2.88. The first-order chi connectivity index (χ1) is 7.82. The number of nitrogens with zero attached hydrogens (tertiary/aromatic N) is 2. The summed E-state index contributed by atoms with van der Waals surface area (Å²) in [4.78, 5) is 2.07. The van der Waals surface area contributed by atoms with Crippen molar-refractivity contribution in [1.82, 2.24) is 10.2 Å². The van der Waals surface area contributed by atoms with E-state index >= 15 is 0 Å². The van der Waals surface area contributed by atoms with Gasteiger partial charge in [0, 0.05) is 25.7 Å². The Kier molecular flexibility index (Phi) is 7.16. The van der Waals surface area contributed by atoms with Crippen molar-refractivity contribution in [2.45, 2.75) is 32.5 Å². The standard InChI is InChI=1S/C11H20F3N3/c1-4-9(2)17(3)6-5-16-8-10(7-15)11(12,13)14/h9-10,16H,4-6,8H2,1-3H3. The number of rotatable bonds is 7. The minimum atomic E-state index is -4.44. The maximum Gasteiger partial charge on any atom is 0.405 e. The van der Waals surface area contributed by atoms with Gasteiger partial charge in [-0.15, -0.1) is 0 Å². The molecular formula is C11H20F3N3. The van der Waals surface area contributed by atoms with Gasteiger partial charge in [-0.25, -0.2) is 0 Å². The number of hydrogen-bond donors (Lipinski definition) is 1. The first-order valence-electron chi connectivity index (χ1n) is 5.70. The average Bonchev–Trinajstić information content (AvgIpc) is 2.25. The van der Waals surface area contributed by atoms with Gasteiger partial charge in [-0.3, -0.25) is 0 Å². The molecule has 0 aliphatic rings. The zero-order valence-electron chi connectivity index (χ0n) is 10.5. The van der Waals surface area contributed by atoms with Gasteiger partial charge in [-0.2, -0.15) is 18.4 Å². The topological polar surface area (TPSA) is 39.1 Å². The summed E-state index contributed by atoms with van der Waals surface area (Å²) in [6.45, 7) is 4.91. The lowest BCUT2D eigenvalue weighted by atomic mass is 10.1. The molecule has 0 saturated heterocycles. The van der Waals surface area contributed by atoms with Crippen LogP contribution in [0.5, 0.6) is 0 Å². The van der Waals surface area contributed by atoms with Gasteiger partial charge < -0.3 is 10.2 Å². The molecule has 0 spiro atoms. The Balaban J connectivity index is 3.82. The minimum Gasteiger partial charge on any atom is -0.314 e. The second kappa shape index (κ2) is 7.51. The molecule has 2 unspecified atom stereocenters. The molecule has 0 fully saturated rings. The summed E-state index contributed by atoms with van der Waals surface area (Å²) < 4.78 is 36.6.